The molecule has 0 radical (unpaired) electrons. The quantitative estimate of drug-likeness (QED) is 0.214. The summed E-state index contributed by atoms with van der Waals surface area (Å²) in [4.78, 5) is 23.4. The molecule has 1 aromatic heterocycles. The van der Waals surface area contributed by atoms with Gasteiger partial charge in [0.15, 0.2) is 11.0 Å². The fourth-order valence-electron chi connectivity index (χ4n) is 5.11. The maximum Gasteiger partial charge on any atom is 0.573 e. The van der Waals surface area contributed by atoms with E-state index >= 15 is 4.39 Å². The molecular formula is C31H30F4N6O2S. The van der Waals surface area contributed by atoms with Crippen LogP contribution >= 0.6 is 11.8 Å². The second-order valence-corrected chi connectivity index (χ2v) is 11.5. The number of carbonyl (C=O) groups excluding carboxylic acids is 1. The minimum absolute atomic E-state index is 0.345. The number of alkyl halides is 4. The lowest BCUT2D eigenvalue weighted by Crippen LogP contribution is -2.35. The number of aromatic nitrogens is 3. The first kappa shape index (κ1) is 31.0. The number of anilines is 1. The summed E-state index contributed by atoms with van der Waals surface area (Å²) in [5, 5.41) is 7.61. The van der Waals surface area contributed by atoms with Gasteiger partial charge in [0, 0.05) is 23.5 Å². The van der Waals surface area contributed by atoms with Crippen LogP contribution in [0.1, 0.15) is 35.3 Å². The Morgan fingerprint density at radius 2 is 1.70 bits per heavy atom. The lowest BCUT2D eigenvalue weighted by molar-refractivity contribution is -0.274. The van der Waals surface area contributed by atoms with E-state index < -0.39 is 24.6 Å². The average Bonchev–Trinajstić information content (AvgIpc) is 3.62. The van der Waals surface area contributed by atoms with Crippen molar-refractivity contribution >= 4 is 28.6 Å². The number of aryl methyl sites for hydroxylation is 3. The molecule has 8 nitrogen and oxygen atoms in total. The van der Waals surface area contributed by atoms with E-state index in [9.17, 15) is 18.0 Å². The summed E-state index contributed by atoms with van der Waals surface area (Å²) in [6.07, 6.45) is -4.85. The third-order valence-corrected chi connectivity index (χ3v) is 7.94. The van der Waals surface area contributed by atoms with Crippen molar-refractivity contribution in [3.8, 4) is 22.8 Å². The Kier molecular flexibility index (Phi) is 8.95. The number of hydrogen-bond acceptors (Lipinski definition) is 5. The molecule has 0 aliphatic carbocycles. The van der Waals surface area contributed by atoms with Crippen molar-refractivity contribution in [2.75, 3.05) is 17.2 Å². The lowest BCUT2D eigenvalue weighted by Gasteiger charge is -2.23. The number of ether oxygens (including phenoxy) is 1. The number of thioether (sulfide) groups is 1. The first-order valence-electron chi connectivity index (χ1n) is 13.8. The number of nitrogens with zero attached hydrogens (tertiary/aromatic N) is 5. The number of amidine groups is 1. The Balaban J connectivity index is 1.21. The number of halogens is 4. The van der Waals surface area contributed by atoms with Crippen molar-refractivity contribution in [1.29, 1.82) is 0 Å². The second kappa shape index (κ2) is 12.7. The summed E-state index contributed by atoms with van der Waals surface area (Å²) in [6.45, 7) is 8.43. The normalized spacial score (nSPS) is 15.8. The molecule has 2 unspecified atom stereocenters. The molecule has 1 aliphatic heterocycles. The Morgan fingerprint density at radius 3 is 2.34 bits per heavy atom. The Labute approximate surface area is 256 Å². The number of urea groups is 1. The maximum atomic E-state index is 15.4. The summed E-state index contributed by atoms with van der Waals surface area (Å²) in [5.41, 5.74) is 5.87. The summed E-state index contributed by atoms with van der Waals surface area (Å²) in [6, 6.07) is 14.5. The fourth-order valence-corrected chi connectivity index (χ4v) is 6.05. The fraction of sp³-hybridized carbons (Fsp3) is 0.290. The van der Waals surface area contributed by atoms with Gasteiger partial charge in [0.25, 0.3) is 0 Å². The van der Waals surface area contributed by atoms with Gasteiger partial charge in [0.05, 0.1) is 11.7 Å². The van der Waals surface area contributed by atoms with E-state index in [0.717, 1.165) is 29.1 Å². The monoisotopic (exact) mass is 626 g/mol. The minimum atomic E-state index is -4.78. The van der Waals surface area contributed by atoms with E-state index in [0.29, 0.717) is 27.8 Å². The van der Waals surface area contributed by atoms with E-state index in [1.807, 2.05) is 25.7 Å². The van der Waals surface area contributed by atoms with Gasteiger partial charge < -0.3 is 15.0 Å². The van der Waals surface area contributed by atoms with Crippen LogP contribution in [0.15, 0.2) is 72.0 Å². The highest BCUT2D eigenvalue weighted by Crippen LogP contribution is 2.32. The van der Waals surface area contributed by atoms with Crippen molar-refractivity contribution in [1.82, 2.24) is 20.1 Å². The van der Waals surface area contributed by atoms with E-state index in [-0.39, 0.29) is 5.75 Å². The average molecular weight is 627 g/mol. The third kappa shape index (κ3) is 7.21. The highest BCUT2D eigenvalue weighted by Gasteiger charge is 2.31. The smallest absolute Gasteiger partial charge is 0.406 e. The van der Waals surface area contributed by atoms with E-state index in [1.54, 1.807) is 31.2 Å². The number of nitrogens with one attached hydrogen (secondary N) is 1. The van der Waals surface area contributed by atoms with Gasteiger partial charge in [-0.25, -0.2) is 18.9 Å². The van der Waals surface area contributed by atoms with Gasteiger partial charge in [-0.05, 0) is 68.7 Å². The molecule has 2 atom stereocenters. The number of hydrogen-bond donors (Lipinski definition) is 1. The molecule has 1 N–H and O–H groups in total. The molecule has 13 heteroatoms. The molecule has 1 saturated heterocycles. The van der Waals surface area contributed by atoms with Gasteiger partial charge in [-0.2, -0.15) is 4.99 Å². The maximum absolute atomic E-state index is 15.4. The molecule has 1 aliphatic rings. The van der Waals surface area contributed by atoms with Crippen LogP contribution in [-0.2, 0) is 0 Å². The molecule has 4 aromatic rings. The zero-order chi connectivity index (χ0) is 31.6. The van der Waals surface area contributed by atoms with Crippen molar-refractivity contribution in [3.63, 3.8) is 0 Å². The topological polar surface area (TPSA) is 84.6 Å². The lowest BCUT2D eigenvalue weighted by atomic mass is 10.0. The van der Waals surface area contributed by atoms with Gasteiger partial charge in [-0.3, -0.25) is 0 Å². The molecule has 2 heterocycles. The van der Waals surface area contributed by atoms with Gasteiger partial charge in [-0.15, -0.1) is 18.3 Å². The van der Waals surface area contributed by atoms with Crippen LogP contribution in [0.4, 0.5) is 28.0 Å². The summed E-state index contributed by atoms with van der Waals surface area (Å²) in [7, 11) is 0. The predicted octanol–water partition coefficient (Wildman–Crippen LogP) is 7.48. The molecule has 2 amide bonds. The first-order chi connectivity index (χ1) is 20.9. The molecule has 230 valence electrons. The number of aliphatic imine (C=N–C) groups is 1. The number of amides is 2. The molecule has 44 heavy (non-hydrogen) atoms. The van der Waals surface area contributed by atoms with Gasteiger partial charge in [0.2, 0.25) is 0 Å². The Hall–Kier alpha value is -4.39. The van der Waals surface area contributed by atoms with Crippen molar-refractivity contribution < 1.29 is 27.1 Å². The Bertz CT molecular complexity index is 1650. The summed E-state index contributed by atoms with van der Waals surface area (Å²) in [5.74, 6) is 0.794. The van der Waals surface area contributed by atoms with Gasteiger partial charge in [0.1, 0.15) is 18.2 Å². The highest BCUT2D eigenvalue weighted by atomic mass is 32.2. The molecule has 5 rings (SSSR count). The molecule has 0 spiro atoms. The summed E-state index contributed by atoms with van der Waals surface area (Å²) >= 11 is 1.49. The van der Waals surface area contributed by atoms with Crippen LogP contribution in [0.25, 0.3) is 17.1 Å². The van der Waals surface area contributed by atoms with E-state index in [1.165, 1.54) is 52.6 Å². The number of rotatable bonds is 7. The van der Waals surface area contributed by atoms with Crippen LogP contribution < -0.4 is 15.0 Å². The second-order valence-electron chi connectivity index (χ2n) is 10.5. The van der Waals surface area contributed by atoms with E-state index in [4.69, 9.17) is 0 Å². The van der Waals surface area contributed by atoms with Crippen LogP contribution in [0, 0.1) is 20.8 Å². The first-order valence-corrected chi connectivity index (χ1v) is 14.8. The van der Waals surface area contributed by atoms with Crippen molar-refractivity contribution in [3.05, 3.63) is 89.2 Å². The molecule has 0 bridgehead atoms. The Morgan fingerprint density at radius 1 is 1.05 bits per heavy atom. The largest absolute Gasteiger partial charge is 0.573 e. The van der Waals surface area contributed by atoms with Crippen LogP contribution in [-0.4, -0.2) is 50.7 Å². The minimum Gasteiger partial charge on any atom is -0.406 e. The molecule has 1 fully saturated rings. The standard InChI is InChI=1S/C31H30F4N6O2S/c1-18-15-19(2)27(20(3)16-18)40-13-14-44-30(40)38-29(42)37-21(4)26(32)22-5-7-23(8-6-22)28-36-17-41(39-28)24-9-11-25(12-10-24)43-31(33,34)35/h5-12,15-17,21,26H,13-14H2,1-4H3,(H,37,42)/b38-30-. The van der Waals surface area contributed by atoms with Crippen molar-refractivity contribution in [2.45, 2.75) is 46.3 Å². The number of benzene rings is 3. The van der Waals surface area contributed by atoms with Gasteiger partial charge >= 0.3 is 12.4 Å². The highest BCUT2D eigenvalue weighted by molar-refractivity contribution is 8.14. The SMILES string of the molecule is Cc1cc(C)c(N2CCS/C2=N\C(=O)NC(C)C(F)c2ccc(-c3ncn(-c4ccc(OC(F)(F)F)cc4)n3)cc2)c(C)c1. The molecule has 0 saturated carbocycles. The summed E-state index contributed by atoms with van der Waals surface area (Å²) < 4.78 is 57.9. The van der Waals surface area contributed by atoms with E-state index in [2.05, 4.69) is 37.3 Å². The third-order valence-electron chi connectivity index (χ3n) is 6.98. The van der Waals surface area contributed by atoms with Crippen LogP contribution in [0.5, 0.6) is 5.75 Å². The molecule has 3 aromatic carbocycles. The number of carbonyl (C=O) groups is 1. The zero-order valence-electron chi connectivity index (χ0n) is 24.4. The van der Waals surface area contributed by atoms with Crippen LogP contribution in [0.3, 0.4) is 0 Å². The van der Waals surface area contributed by atoms with Crippen LogP contribution in [0.2, 0.25) is 0 Å². The predicted molar refractivity (Wildman–Crippen MR) is 163 cm³/mol. The van der Waals surface area contributed by atoms with Crippen molar-refractivity contribution in [2.24, 2.45) is 4.99 Å². The van der Waals surface area contributed by atoms with Gasteiger partial charge in [-0.1, -0.05) is 53.7 Å². The zero-order valence-corrected chi connectivity index (χ0v) is 25.2. The molecular weight excluding hydrogens is 596 g/mol.